The molecule has 0 saturated carbocycles. The summed E-state index contributed by atoms with van der Waals surface area (Å²) >= 11 is 0. The van der Waals surface area contributed by atoms with Crippen LogP contribution in [0.15, 0.2) is 48.5 Å². The van der Waals surface area contributed by atoms with Crippen LogP contribution in [0.25, 0.3) is 0 Å². The maximum atomic E-state index is 12.5. The molecular weight excluding hydrogens is 366 g/mol. The molecule has 6 heteroatoms. The van der Waals surface area contributed by atoms with Gasteiger partial charge in [0.25, 0.3) is 0 Å². The number of hydrogen-bond donors (Lipinski definition) is 1. The van der Waals surface area contributed by atoms with Crippen LogP contribution in [0, 0.1) is 0 Å². The molecule has 2 aromatic rings. The van der Waals surface area contributed by atoms with Crippen molar-refractivity contribution in [3.05, 3.63) is 54.1 Å². The number of carbonyl (C=O) groups excluding carboxylic acids is 1. The van der Waals surface area contributed by atoms with Crippen molar-refractivity contribution in [3.8, 4) is 11.5 Å². The summed E-state index contributed by atoms with van der Waals surface area (Å²) in [5.74, 6) is 1.76. The first kappa shape index (κ1) is 20.8. The van der Waals surface area contributed by atoms with E-state index in [0.29, 0.717) is 19.6 Å². The molecule has 1 saturated heterocycles. The summed E-state index contributed by atoms with van der Waals surface area (Å²) in [6.07, 6.45) is 0.877. The molecule has 0 unspecified atom stereocenters. The number of rotatable bonds is 7. The number of ether oxygens (including phenoxy) is 2. The predicted octanol–water partition coefficient (Wildman–Crippen LogP) is 3.56. The smallest absolute Gasteiger partial charge is 0.317 e. The summed E-state index contributed by atoms with van der Waals surface area (Å²) in [6.45, 7) is 7.61. The molecule has 1 heterocycles. The van der Waals surface area contributed by atoms with Gasteiger partial charge in [0, 0.05) is 32.7 Å². The Balaban J connectivity index is 1.49. The van der Waals surface area contributed by atoms with Crippen LogP contribution in [-0.2, 0) is 6.42 Å². The molecule has 1 aliphatic rings. The van der Waals surface area contributed by atoms with Gasteiger partial charge >= 0.3 is 6.03 Å². The van der Waals surface area contributed by atoms with E-state index in [1.165, 1.54) is 0 Å². The third-order valence-corrected chi connectivity index (χ3v) is 5.00. The van der Waals surface area contributed by atoms with Crippen LogP contribution in [0.4, 0.5) is 10.5 Å². The molecule has 0 radical (unpaired) electrons. The normalized spacial score (nSPS) is 14.1. The van der Waals surface area contributed by atoms with E-state index in [-0.39, 0.29) is 12.1 Å². The fraction of sp³-hybridized carbons (Fsp3) is 0.435. The van der Waals surface area contributed by atoms with Crippen LogP contribution in [-0.4, -0.2) is 56.9 Å². The lowest BCUT2D eigenvalue weighted by atomic mass is 10.1. The van der Waals surface area contributed by atoms with Gasteiger partial charge in [-0.3, -0.25) is 0 Å². The molecule has 1 aliphatic heterocycles. The summed E-state index contributed by atoms with van der Waals surface area (Å²) in [6, 6.07) is 16.0. The van der Waals surface area contributed by atoms with Crippen LogP contribution < -0.4 is 19.7 Å². The molecule has 156 valence electrons. The summed E-state index contributed by atoms with van der Waals surface area (Å²) in [5.41, 5.74) is 2.19. The van der Waals surface area contributed by atoms with Gasteiger partial charge in [0.05, 0.1) is 18.9 Å². The molecule has 0 aliphatic carbocycles. The molecule has 0 atom stereocenters. The molecule has 2 aromatic carbocycles. The molecule has 0 aromatic heterocycles. The van der Waals surface area contributed by atoms with Gasteiger partial charge in [-0.1, -0.05) is 30.3 Å². The number of carbonyl (C=O) groups is 1. The number of anilines is 1. The van der Waals surface area contributed by atoms with E-state index in [0.717, 1.165) is 42.3 Å². The molecule has 2 amide bonds. The first-order chi connectivity index (χ1) is 14.1. The van der Waals surface area contributed by atoms with Crippen LogP contribution in [0.1, 0.15) is 19.4 Å². The van der Waals surface area contributed by atoms with Crippen molar-refractivity contribution < 1.29 is 14.3 Å². The van der Waals surface area contributed by atoms with Crippen molar-refractivity contribution in [3.63, 3.8) is 0 Å². The van der Waals surface area contributed by atoms with E-state index in [1.54, 1.807) is 7.11 Å². The highest BCUT2D eigenvalue weighted by atomic mass is 16.5. The van der Waals surface area contributed by atoms with Crippen LogP contribution in [0.3, 0.4) is 0 Å². The minimum Gasteiger partial charge on any atom is -0.496 e. The molecule has 3 rings (SSSR count). The molecule has 0 bridgehead atoms. The highest BCUT2D eigenvalue weighted by Crippen LogP contribution is 2.29. The zero-order valence-corrected chi connectivity index (χ0v) is 17.6. The summed E-state index contributed by atoms with van der Waals surface area (Å²) in [7, 11) is 1.67. The SMILES string of the molecule is COc1ccccc1CCNC(=O)N1CCN(c2ccccc2OC(C)C)CC1. The van der Waals surface area contributed by atoms with E-state index in [2.05, 4.69) is 16.3 Å². The second-order valence-corrected chi connectivity index (χ2v) is 7.40. The zero-order chi connectivity index (χ0) is 20.6. The standard InChI is InChI=1S/C23H31N3O3/c1-18(2)29-22-11-7-5-9-20(22)25-14-16-26(17-15-25)23(27)24-13-12-19-8-4-6-10-21(19)28-3/h4-11,18H,12-17H2,1-3H3,(H,24,27). The van der Waals surface area contributed by atoms with E-state index < -0.39 is 0 Å². The first-order valence-electron chi connectivity index (χ1n) is 10.2. The average Bonchev–Trinajstić information content (AvgIpc) is 2.74. The number of nitrogens with zero attached hydrogens (tertiary/aromatic N) is 2. The number of urea groups is 1. The lowest BCUT2D eigenvalue weighted by Crippen LogP contribution is -2.52. The molecule has 6 nitrogen and oxygen atoms in total. The topological polar surface area (TPSA) is 54.0 Å². The van der Waals surface area contributed by atoms with Crippen molar-refractivity contribution in [1.29, 1.82) is 0 Å². The highest BCUT2D eigenvalue weighted by Gasteiger charge is 2.23. The Labute approximate surface area is 173 Å². The van der Waals surface area contributed by atoms with Crippen molar-refractivity contribution in [1.82, 2.24) is 10.2 Å². The summed E-state index contributed by atoms with van der Waals surface area (Å²) in [5, 5.41) is 3.03. The van der Waals surface area contributed by atoms with Crippen LogP contribution >= 0.6 is 0 Å². The zero-order valence-electron chi connectivity index (χ0n) is 17.6. The van der Waals surface area contributed by atoms with Gasteiger partial charge in [-0.15, -0.1) is 0 Å². The van der Waals surface area contributed by atoms with Crippen LogP contribution in [0.5, 0.6) is 11.5 Å². The van der Waals surface area contributed by atoms with Gasteiger partial charge in [-0.05, 0) is 44.0 Å². The minimum atomic E-state index is -0.00809. The number of methoxy groups -OCH3 is 1. The predicted molar refractivity (Wildman–Crippen MR) is 116 cm³/mol. The quantitative estimate of drug-likeness (QED) is 0.776. The van der Waals surface area contributed by atoms with Gasteiger partial charge in [-0.25, -0.2) is 4.79 Å². The van der Waals surface area contributed by atoms with Crippen molar-refractivity contribution >= 4 is 11.7 Å². The Kier molecular flexibility index (Phi) is 7.22. The first-order valence-corrected chi connectivity index (χ1v) is 10.2. The van der Waals surface area contributed by atoms with Gasteiger partial charge in [0.2, 0.25) is 0 Å². The lowest BCUT2D eigenvalue weighted by Gasteiger charge is -2.36. The lowest BCUT2D eigenvalue weighted by molar-refractivity contribution is 0.194. The fourth-order valence-electron chi connectivity index (χ4n) is 3.55. The van der Waals surface area contributed by atoms with Gasteiger partial charge < -0.3 is 24.6 Å². The second kappa shape index (κ2) is 10.0. The van der Waals surface area contributed by atoms with Crippen LogP contribution in [0.2, 0.25) is 0 Å². The molecule has 29 heavy (non-hydrogen) atoms. The maximum Gasteiger partial charge on any atom is 0.317 e. The highest BCUT2D eigenvalue weighted by molar-refractivity contribution is 5.74. The Morgan fingerprint density at radius 1 is 1.00 bits per heavy atom. The largest absolute Gasteiger partial charge is 0.496 e. The van der Waals surface area contributed by atoms with Gasteiger partial charge in [0.15, 0.2) is 0 Å². The number of nitrogens with one attached hydrogen (secondary N) is 1. The fourth-order valence-corrected chi connectivity index (χ4v) is 3.55. The van der Waals surface area contributed by atoms with E-state index in [4.69, 9.17) is 9.47 Å². The monoisotopic (exact) mass is 397 g/mol. The molecule has 1 N–H and O–H groups in total. The number of piperazine rings is 1. The average molecular weight is 398 g/mol. The number of hydrogen-bond acceptors (Lipinski definition) is 4. The van der Waals surface area contributed by atoms with Crippen molar-refractivity contribution in [2.45, 2.75) is 26.4 Å². The molecular formula is C23H31N3O3. The van der Waals surface area contributed by atoms with Gasteiger partial charge in [0.1, 0.15) is 11.5 Å². The minimum absolute atomic E-state index is 0.00809. The second-order valence-electron chi connectivity index (χ2n) is 7.40. The Morgan fingerprint density at radius 2 is 1.66 bits per heavy atom. The van der Waals surface area contributed by atoms with E-state index >= 15 is 0 Å². The van der Waals surface area contributed by atoms with E-state index in [9.17, 15) is 4.79 Å². The third kappa shape index (κ3) is 5.56. The van der Waals surface area contributed by atoms with Crippen molar-refractivity contribution in [2.75, 3.05) is 44.7 Å². The summed E-state index contributed by atoms with van der Waals surface area (Å²) < 4.78 is 11.3. The van der Waals surface area contributed by atoms with Crippen molar-refractivity contribution in [2.24, 2.45) is 0 Å². The number of para-hydroxylation sites is 3. The number of benzene rings is 2. The number of amides is 2. The summed E-state index contributed by atoms with van der Waals surface area (Å²) in [4.78, 5) is 16.7. The Morgan fingerprint density at radius 3 is 2.34 bits per heavy atom. The maximum absolute atomic E-state index is 12.5. The molecule has 0 spiro atoms. The Hall–Kier alpha value is -2.89. The third-order valence-electron chi connectivity index (χ3n) is 5.00. The van der Waals surface area contributed by atoms with Gasteiger partial charge in [-0.2, -0.15) is 0 Å². The Bertz CT molecular complexity index is 801. The molecule has 1 fully saturated rings. The van der Waals surface area contributed by atoms with E-state index in [1.807, 2.05) is 61.2 Å².